The number of nitrogens with one attached hydrogen (secondary N) is 1. The summed E-state index contributed by atoms with van der Waals surface area (Å²) in [6, 6.07) is 6.94. The summed E-state index contributed by atoms with van der Waals surface area (Å²) in [7, 11) is 0. The van der Waals surface area contributed by atoms with E-state index >= 15 is 0 Å². The Kier molecular flexibility index (Phi) is 3.81. The molecule has 132 valence electrons. The maximum absolute atomic E-state index is 12.8. The van der Waals surface area contributed by atoms with E-state index in [-0.39, 0.29) is 12.2 Å². The smallest absolute Gasteiger partial charge is 0.418 e. The molecular formula is C21H26N2O2. The predicted octanol–water partition coefficient (Wildman–Crippen LogP) is 4.35. The summed E-state index contributed by atoms with van der Waals surface area (Å²) in [6.07, 6.45) is 11.1. The highest BCUT2D eigenvalue weighted by molar-refractivity contribution is 5.95. The minimum atomic E-state index is -0.196. The van der Waals surface area contributed by atoms with Crippen LogP contribution in [0.3, 0.4) is 0 Å². The molecule has 0 spiro atoms. The van der Waals surface area contributed by atoms with E-state index in [2.05, 4.69) is 23.5 Å². The first-order valence-corrected chi connectivity index (χ1v) is 9.88. The highest BCUT2D eigenvalue weighted by atomic mass is 16.6. The number of nitrogens with zero attached hydrogens (tertiary/aromatic N) is 1. The molecule has 0 unspecified atom stereocenters. The molecule has 5 rings (SSSR count). The van der Waals surface area contributed by atoms with Crippen LogP contribution in [0.15, 0.2) is 24.4 Å². The van der Waals surface area contributed by atoms with Crippen LogP contribution >= 0.6 is 0 Å². The number of benzene rings is 1. The van der Waals surface area contributed by atoms with E-state index in [1.165, 1.54) is 48.6 Å². The molecule has 1 saturated heterocycles. The van der Waals surface area contributed by atoms with Crippen LogP contribution in [0.4, 0.5) is 4.79 Å². The number of hydrogen-bond donors (Lipinski definition) is 1. The Bertz CT molecular complexity index is 804. The Hall–Kier alpha value is -1.81. The summed E-state index contributed by atoms with van der Waals surface area (Å²) >= 11 is 0. The lowest BCUT2D eigenvalue weighted by Crippen LogP contribution is -2.43. The van der Waals surface area contributed by atoms with Gasteiger partial charge in [-0.25, -0.2) is 4.79 Å². The number of aromatic nitrogens is 1. The van der Waals surface area contributed by atoms with Gasteiger partial charge in [0, 0.05) is 23.5 Å². The average molecular weight is 338 g/mol. The number of fused-ring (bicyclic) bond motifs is 2. The first-order valence-electron chi connectivity index (χ1n) is 9.88. The quantitative estimate of drug-likeness (QED) is 0.840. The predicted molar refractivity (Wildman–Crippen MR) is 98.2 cm³/mol. The van der Waals surface area contributed by atoms with E-state index in [1.807, 2.05) is 6.20 Å². The standard InChI is InChI=1S/C21H26N2O2/c24-21(25-15-6-2-1-3-7-15)23-13-14-12-18-16(9-5-11-22-18)17-8-4-10-19(23)20(14)17/h4,8,10,13,15-16,18,22H,1-3,5-7,9,11-12H2/t16-,18-/m1/s1. The zero-order valence-electron chi connectivity index (χ0n) is 14.7. The second kappa shape index (κ2) is 6.17. The molecular weight excluding hydrogens is 312 g/mol. The van der Waals surface area contributed by atoms with Gasteiger partial charge in [-0.05, 0) is 68.7 Å². The fourth-order valence-electron chi connectivity index (χ4n) is 5.17. The first kappa shape index (κ1) is 15.4. The molecule has 2 heterocycles. The molecule has 4 nitrogen and oxygen atoms in total. The molecule has 3 aliphatic rings. The van der Waals surface area contributed by atoms with Gasteiger partial charge in [-0.3, -0.25) is 4.57 Å². The van der Waals surface area contributed by atoms with Gasteiger partial charge in [0.15, 0.2) is 0 Å². The van der Waals surface area contributed by atoms with E-state index in [9.17, 15) is 4.79 Å². The molecule has 2 aliphatic carbocycles. The van der Waals surface area contributed by atoms with Gasteiger partial charge in [0.1, 0.15) is 6.10 Å². The summed E-state index contributed by atoms with van der Waals surface area (Å²) in [6.45, 7) is 1.11. The maximum atomic E-state index is 12.8. The lowest BCUT2D eigenvalue weighted by Gasteiger charge is -2.36. The van der Waals surface area contributed by atoms with Crippen molar-refractivity contribution in [2.75, 3.05) is 6.54 Å². The third-order valence-electron chi connectivity index (χ3n) is 6.38. The Balaban J connectivity index is 1.51. The second-order valence-corrected chi connectivity index (χ2v) is 7.92. The summed E-state index contributed by atoms with van der Waals surface area (Å²) in [5, 5.41) is 4.98. The van der Waals surface area contributed by atoms with Gasteiger partial charge in [-0.2, -0.15) is 0 Å². The van der Waals surface area contributed by atoms with Crippen LogP contribution in [0.2, 0.25) is 0 Å². The van der Waals surface area contributed by atoms with Crippen molar-refractivity contribution in [2.24, 2.45) is 0 Å². The van der Waals surface area contributed by atoms with Crippen molar-refractivity contribution in [2.45, 2.75) is 69.4 Å². The molecule has 1 N–H and O–H groups in total. The summed E-state index contributed by atoms with van der Waals surface area (Å²) in [5.74, 6) is 0.579. The van der Waals surface area contributed by atoms with Crippen molar-refractivity contribution in [1.29, 1.82) is 0 Å². The molecule has 0 bridgehead atoms. The second-order valence-electron chi connectivity index (χ2n) is 7.92. The van der Waals surface area contributed by atoms with Gasteiger partial charge >= 0.3 is 6.09 Å². The lowest BCUT2D eigenvalue weighted by atomic mass is 9.76. The molecule has 1 saturated carbocycles. The van der Waals surface area contributed by atoms with E-state index in [4.69, 9.17) is 4.74 Å². The van der Waals surface area contributed by atoms with Crippen LogP contribution in [0.25, 0.3) is 10.9 Å². The molecule has 1 aromatic carbocycles. The van der Waals surface area contributed by atoms with Crippen molar-refractivity contribution < 1.29 is 9.53 Å². The molecule has 25 heavy (non-hydrogen) atoms. The summed E-state index contributed by atoms with van der Waals surface area (Å²) in [5.41, 5.74) is 3.74. The van der Waals surface area contributed by atoms with Crippen LogP contribution in [0.5, 0.6) is 0 Å². The molecule has 1 aliphatic heterocycles. The number of carbonyl (C=O) groups is 1. The molecule has 2 fully saturated rings. The molecule has 4 heteroatoms. The monoisotopic (exact) mass is 338 g/mol. The van der Waals surface area contributed by atoms with E-state index in [0.29, 0.717) is 12.0 Å². The average Bonchev–Trinajstić information content (AvgIpc) is 3.03. The van der Waals surface area contributed by atoms with Crippen molar-refractivity contribution in [3.63, 3.8) is 0 Å². The van der Waals surface area contributed by atoms with Crippen LogP contribution in [0, 0.1) is 0 Å². The highest BCUT2D eigenvalue weighted by Crippen LogP contribution is 2.41. The molecule has 2 aromatic rings. The summed E-state index contributed by atoms with van der Waals surface area (Å²) < 4.78 is 7.59. The molecule has 0 radical (unpaired) electrons. The van der Waals surface area contributed by atoms with E-state index < -0.39 is 0 Å². The van der Waals surface area contributed by atoms with E-state index in [1.54, 1.807) is 4.57 Å². The van der Waals surface area contributed by atoms with Gasteiger partial charge in [-0.15, -0.1) is 0 Å². The minimum Gasteiger partial charge on any atom is -0.446 e. The van der Waals surface area contributed by atoms with Crippen molar-refractivity contribution >= 4 is 17.0 Å². The first-order chi connectivity index (χ1) is 12.3. The largest absolute Gasteiger partial charge is 0.446 e. The van der Waals surface area contributed by atoms with Gasteiger partial charge < -0.3 is 10.1 Å². The van der Waals surface area contributed by atoms with Gasteiger partial charge in [-0.1, -0.05) is 18.6 Å². The van der Waals surface area contributed by atoms with Gasteiger partial charge in [0.2, 0.25) is 0 Å². The third kappa shape index (κ3) is 2.58. The molecule has 2 atom stereocenters. The number of rotatable bonds is 1. The fraction of sp³-hybridized carbons (Fsp3) is 0.571. The minimum absolute atomic E-state index is 0.0970. The van der Waals surface area contributed by atoms with Crippen LogP contribution in [-0.2, 0) is 11.2 Å². The van der Waals surface area contributed by atoms with Crippen LogP contribution in [-0.4, -0.2) is 29.4 Å². The maximum Gasteiger partial charge on any atom is 0.418 e. The lowest BCUT2D eigenvalue weighted by molar-refractivity contribution is 0.0772. The topological polar surface area (TPSA) is 43.3 Å². The van der Waals surface area contributed by atoms with Crippen molar-refractivity contribution in [3.05, 3.63) is 35.5 Å². The molecule has 0 amide bonds. The normalized spacial score (nSPS) is 26.4. The van der Waals surface area contributed by atoms with Crippen molar-refractivity contribution in [3.8, 4) is 0 Å². The Morgan fingerprint density at radius 3 is 2.88 bits per heavy atom. The van der Waals surface area contributed by atoms with Crippen molar-refractivity contribution in [1.82, 2.24) is 9.88 Å². The Morgan fingerprint density at radius 2 is 2.00 bits per heavy atom. The SMILES string of the molecule is O=C(OC1CCCCC1)n1cc2c3c(cccc31)[C@H]1CCCN[C@@H]1C2. The molecule has 1 aromatic heterocycles. The van der Waals surface area contributed by atoms with Gasteiger partial charge in [0.25, 0.3) is 0 Å². The third-order valence-corrected chi connectivity index (χ3v) is 6.38. The highest BCUT2D eigenvalue weighted by Gasteiger charge is 2.34. The Morgan fingerprint density at radius 1 is 1.12 bits per heavy atom. The number of piperidine rings is 1. The zero-order valence-corrected chi connectivity index (χ0v) is 14.7. The van der Waals surface area contributed by atoms with Crippen LogP contribution in [0.1, 0.15) is 62.0 Å². The van der Waals surface area contributed by atoms with Crippen LogP contribution < -0.4 is 5.32 Å². The number of hydrogen-bond acceptors (Lipinski definition) is 3. The van der Waals surface area contributed by atoms with Gasteiger partial charge in [0.05, 0.1) is 5.52 Å². The fourth-order valence-corrected chi connectivity index (χ4v) is 5.17. The Labute approximate surface area is 148 Å². The number of carbonyl (C=O) groups excluding carboxylic acids is 1. The zero-order chi connectivity index (χ0) is 16.8. The summed E-state index contributed by atoms with van der Waals surface area (Å²) in [4.78, 5) is 12.8. The van der Waals surface area contributed by atoms with E-state index in [0.717, 1.165) is 31.3 Å². The number of ether oxygens (including phenoxy) is 1.